The van der Waals surface area contributed by atoms with E-state index in [0.29, 0.717) is 54.5 Å². The van der Waals surface area contributed by atoms with Crippen LogP contribution in [0, 0.1) is 17.8 Å². The molecule has 0 amide bonds. The van der Waals surface area contributed by atoms with Crippen molar-refractivity contribution >= 4 is 23.5 Å². The van der Waals surface area contributed by atoms with Gasteiger partial charge in [-0.1, -0.05) is 23.7 Å². The number of likely N-dealkylation sites (tertiary alicyclic amines) is 1. The van der Waals surface area contributed by atoms with E-state index in [2.05, 4.69) is 20.7 Å². The Morgan fingerprint density at radius 2 is 1.97 bits per heavy atom. The van der Waals surface area contributed by atoms with E-state index in [4.69, 9.17) is 11.6 Å². The topological polar surface area (TPSA) is 133 Å². The average molecular weight is 489 g/mol. The first-order chi connectivity index (χ1) is 16.4. The molecule has 1 aliphatic carbocycles. The fourth-order valence-electron chi connectivity index (χ4n) is 5.97. The normalized spacial score (nSPS) is 31.8. The van der Waals surface area contributed by atoms with Crippen LogP contribution in [-0.2, 0) is 9.59 Å². The van der Waals surface area contributed by atoms with Crippen molar-refractivity contribution in [3.05, 3.63) is 29.3 Å². The summed E-state index contributed by atoms with van der Waals surface area (Å²) >= 11 is 6.07. The van der Waals surface area contributed by atoms with Crippen LogP contribution in [-0.4, -0.2) is 79.0 Å². The van der Waals surface area contributed by atoms with Gasteiger partial charge in [0.25, 0.3) is 0 Å². The van der Waals surface area contributed by atoms with Crippen LogP contribution in [0.15, 0.2) is 24.3 Å². The van der Waals surface area contributed by atoms with Crippen LogP contribution in [0.1, 0.15) is 38.1 Å². The highest BCUT2D eigenvalue weighted by Gasteiger charge is 2.42. The number of halogens is 1. The van der Waals surface area contributed by atoms with E-state index in [1.807, 2.05) is 17.0 Å². The number of carboxylic acid groups (broad SMARTS) is 2. The lowest BCUT2D eigenvalue weighted by atomic mass is 9.69. The number of carbonyl (C=O) groups is 2. The molecular formula is C23H29ClN6O4. The summed E-state index contributed by atoms with van der Waals surface area (Å²) in [4.78, 5) is 27.0. The van der Waals surface area contributed by atoms with E-state index in [0.717, 1.165) is 31.4 Å². The fourth-order valence-corrected chi connectivity index (χ4v) is 6.17. The van der Waals surface area contributed by atoms with Crippen LogP contribution in [0.4, 0.5) is 0 Å². The van der Waals surface area contributed by atoms with Crippen molar-refractivity contribution in [1.82, 2.24) is 30.4 Å². The van der Waals surface area contributed by atoms with E-state index in [9.17, 15) is 19.8 Å². The second-order valence-corrected chi connectivity index (χ2v) is 10.3. The summed E-state index contributed by atoms with van der Waals surface area (Å²) in [5, 5.41) is 35.9. The maximum atomic E-state index is 12.0. The lowest BCUT2D eigenvalue weighted by molar-refractivity contribution is -0.143. The van der Waals surface area contributed by atoms with Crippen molar-refractivity contribution in [3.63, 3.8) is 0 Å². The third kappa shape index (κ3) is 4.80. The molecule has 3 aliphatic rings. The van der Waals surface area contributed by atoms with Crippen molar-refractivity contribution in [2.75, 3.05) is 19.6 Å². The quantitative estimate of drug-likeness (QED) is 0.559. The molecular weight excluding hydrogens is 460 g/mol. The molecule has 0 spiro atoms. The van der Waals surface area contributed by atoms with E-state index in [-0.39, 0.29) is 6.04 Å². The molecule has 182 valence electrons. The molecule has 0 unspecified atom stereocenters. The summed E-state index contributed by atoms with van der Waals surface area (Å²) in [7, 11) is 0. The Kier molecular flexibility index (Phi) is 6.54. The van der Waals surface area contributed by atoms with Gasteiger partial charge in [0, 0.05) is 23.7 Å². The van der Waals surface area contributed by atoms with Gasteiger partial charge in [0.15, 0.2) is 0 Å². The number of piperidine rings is 1. The minimum Gasteiger partial charge on any atom is -0.480 e. The molecule has 1 saturated carbocycles. The van der Waals surface area contributed by atoms with Gasteiger partial charge in [-0.3, -0.25) is 14.5 Å². The maximum absolute atomic E-state index is 12.0. The summed E-state index contributed by atoms with van der Waals surface area (Å²) in [6, 6.07) is 5.99. The van der Waals surface area contributed by atoms with Crippen LogP contribution in [0.3, 0.4) is 0 Å². The fraction of sp³-hybridized carbons (Fsp3) is 0.609. The van der Waals surface area contributed by atoms with Gasteiger partial charge in [-0.15, -0.1) is 10.2 Å². The number of hydrogen-bond donors (Lipinski definition) is 3. The number of rotatable bonds is 6. The number of nitrogens with one attached hydrogen (secondary N) is 1. The van der Waals surface area contributed by atoms with Crippen LogP contribution in [0.5, 0.6) is 0 Å². The van der Waals surface area contributed by atoms with E-state index >= 15 is 0 Å². The summed E-state index contributed by atoms with van der Waals surface area (Å²) in [5.41, 5.74) is 0.766. The van der Waals surface area contributed by atoms with E-state index in [1.54, 1.807) is 12.1 Å². The molecule has 3 fully saturated rings. The smallest absolute Gasteiger partial charge is 0.321 e. The second-order valence-electron chi connectivity index (χ2n) is 9.88. The van der Waals surface area contributed by atoms with E-state index < -0.39 is 24.0 Å². The maximum Gasteiger partial charge on any atom is 0.321 e. The Balaban J connectivity index is 1.25. The molecule has 0 bridgehead atoms. The molecule has 34 heavy (non-hydrogen) atoms. The first kappa shape index (κ1) is 23.2. The van der Waals surface area contributed by atoms with Crippen molar-refractivity contribution in [3.8, 4) is 11.4 Å². The zero-order valence-electron chi connectivity index (χ0n) is 18.8. The van der Waals surface area contributed by atoms with Crippen LogP contribution < -0.4 is 5.32 Å². The molecule has 1 aromatic heterocycles. The molecule has 10 nitrogen and oxygen atoms in total. The summed E-state index contributed by atoms with van der Waals surface area (Å²) in [6.45, 7) is 1.99. The number of hydrogen-bond acceptors (Lipinski definition) is 7. The molecule has 11 heteroatoms. The molecule has 2 aliphatic heterocycles. The zero-order valence-corrected chi connectivity index (χ0v) is 19.5. The van der Waals surface area contributed by atoms with E-state index in [1.165, 1.54) is 4.80 Å². The van der Waals surface area contributed by atoms with Gasteiger partial charge in [-0.05, 0) is 73.7 Å². The Morgan fingerprint density at radius 3 is 2.74 bits per heavy atom. The molecule has 5 rings (SSSR count). The first-order valence-corrected chi connectivity index (χ1v) is 12.2. The Morgan fingerprint density at radius 1 is 1.12 bits per heavy atom. The molecule has 3 N–H and O–H groups in total. The van der Waals surface area contributed by atoms with Gasteiger partial charge in [-0.25, -0.2) is 0 Å². The third-order valence-electron chi connectivity index (χ3n) is 7.71. The molecule has 2 saturated heterocycles. The van der Waals surface area contributed by atoms with Crippen LogP contribution in [0.25, 0.3) is 11.4 Å². The number of tetrazole rings is 1. The molecule has 6 atom stereocenters. The Hall–Kier alpha value is -2.56. The number of nitrogens with zero attached hydrogens (tertiary/aromatic N) is 5. The van der Waals surface area contributed by atoms with Crippen molar-refractivity contribution in [2.45, 2.75) is 50.2 Å². The highest BCUT2D eigenvalue weighted by Crippen LogP contribution is 2.40. The molecule has 2 aromatic rings. The van der Waals surface area contributed by atoms with Crippen molar-refractivity contribution in [1.29, 1.82) is 0 Å². The third-order valence-corrected chi connectivity index (χ3v) is 7.94. The van der Waals surface area contributed by atoms with Crippen molar-refractivity contribution < 1.29 is 19.8 Å². The first-order valence-electron chi connectivity index (χ1n) is 11.9. The minimum atomic E-state index is -0.834. The minimum absolute atomic E-state index is 0.173. The number of fused-ring (bicyclic) bond motifs is 1. The summed E-state index contributed by atoms with van der Waals surface area (Å²) in [5.74, 6) is 0.0911. The molecule has 1 aromatic carbocycles. The highest BCUT2D eigenvalue weighted by molar-refractivity contribution is 6.30. The number of benzene rings is 1. The monoisotopic (exact) mass is 488 g/mol. The van der Waals surface area contributed by atoms with Crippen molar-refractivity contribution in [2.24, 2.45) is 17.8 Å². The summed E-state index contributed by atoms with van der Waals surface area (Å²) < 4.78 is 0. The standard InChI is InChI=1S/C23H29ClN6O4/c24-17-3-1-2-14(7-17)21-26-28-30(27-21)18-9-20(23(33)34)29(12-18)11-13-4-5-15-10-25-19(22(31)32)8-16(15)6-13/h1-3,7,13,15-16,18-20,25H,4-6,8-12H2,(H,31,32)(H,33,34)/t13-,15-,16+,18-,19-,20-/m0/s1. The highest BCUT2D eigenvalue weighted by atomic mass is 35.5. The SMILES string of the molecule is O=C(O)[C@@H]1C[C@H]2C[C@@H](CN3C[C@@H](n4nnc(-c5cccc(Cl)c5)n4)C[C@H]3C(=O)O)CC[C@H]2CN1. The van der Waals surface area contributed by atoms with Crippen LogP contribution >= 0.6 is 11.6 Å². The number of aliphatic carboxylic acids is 2. The van der Waals surface area contributed by atoms with Crippen LogP contribution in [0.2, 0.25) is 5.02 Å². The second kappa shape index (κ2) is 9.59. The predicted octanol–water partition coefficient (Wildman–Crippen LogP) is 2.17. The summed E-state index contributed by atoms with van der Waals surface area (Å²) in [6.07, 6.45) is 4.11. The van der Waals surface area contributed by atoms with Gasteiger partial charge in [-0.2, -0.15) is 4.80 Å². The Bertz CT molecular complexity index is 1060. The van der Waals surface area contributed by atoms with Gasteiger partial charge in [0.2, 0.25) is 5.82 Å². The Labute approximate surface area is 202 Å². The lowest BCUT2D eigenvalue weighted by Gasteiger charge is -2.42. The number of aromatic nitrogens is 4. The molecule has 3 heterocycles. The zero-order chi connectivity index (χ0) is 23.8. The lowest BCUT2D eigenvalue weighted by Crippen LogP contribution is -2.50. The average Bonchev–Trinajstić information content (AvgIpc) is 3.46. The van der Waals surface area contributed by atoms with Gasteiger partial charge < -0.3 is 15.5 Å². The molecule has 0 radical (unpaired) electrons. The van der Waals surface area contributed by atoms with Gasteiger partial charge >= 0.3 is 11.9 Å². The predicted molar refractivity (Wildman–Crippen MR) is 123 cm³/mol. The van der Waals surface area contributed by atoms with Gasteiger partial charge in [0.1, 0.15) is 12.1 Å². The number of carboxylic acids is 2. The van der Waals surface area contributed by atoms with Gasteiger partial charge in [0.05, 0.1) is 6.04 Å². The largest absolute Gasteiger partial charge is 0.480 e.